The summed E-state index contributed by atoms with van der Waals surface area (Å²) in [7, 11) is 0. The van der Waals surface area contributed by atoms with Crippen LogP contribution in [0.15, 0.2) is 24.3 Å². The Kier molecular flexibility index (Phi) is 5.79. The summed E-state index contributed by atoms with van der Waals surface area (Å²) in [5.74, 6) is 0.823. The van der Waals surface area contributed by atoms with E-state index < -0.39 is 22.4 Å². The van der Waals surface area contributed by atoms with Crippen LogP contribution in [0.3, 0.4) is 0 Å². The number of hydrogen-bond acceptors (Lipinski definition) is 6. The van der Waals surface area contributed by atoms with Crippen molar-refractivity contribution in [3.8, 4) is 0 Å². The zero-order chi connectivity index (χ0) is 24.0. The van der Waals surface area contributed by atoms with Gasteiger partial charge in [-0.25, -0.2) is 10.3 Å². The normalized spacial score (nSPS) is 31.9. The molecule has 4 amide bonds. The Morgan fingerprint density at radius 3 is 2.32 bits per heavy atom. The highest BCUT2D eigenvalue weighted by Crippen LogP contribution is 2.58. The van der Waals surface area contributed by atoms with Crippen molar-refractivity contribution in [2.24, 2.45) is 17.8 Å². The lowest BCUT2D eigenvalue weighted by Crippen LogP contribution is -2.62. The number of carbonyl (C=O) groups excluding carboxylic acids is 3. The van der Waals surface area contributed by atoms with Gasteiger partial charge in [0, 0.05) is 18.1 Å². The van der Waals surface area contributed by atoms with Crippen LogP contribution < -0.4 is 5.48 Å². The molecule has 34 heavy (non-hydrogen) atoms. The number of para-hydroxylation sites is 1. The molecule has 2 N–H and O–H groups in total. The Balaban J connectivity index is 1.44. The first-order valence-corrected chi connectivity index (χ1v) is 12.1. The first-order valence-electron chi connectivity index (χ1n) is 12.1. The van der Waals surface area contributed by atoms with Crippen molar-refractivity contribution >= 4 is 23.5 Å². The van der Waals surface area contributed by atoms with Gasteiger partial charge in [-0.05, 0) is 69.1 Å². The summed E-state index contributed by atoms with van der Waals surface area (Å²) in [5.41, 5.74) is 1.42. The summed E-state index contributed by atoms with van der Waals surface area (Å²) in [4.78, 5) is 53.1. The summed E-state index contributed by atoms with van der Waals surface area (Å²) in [5, 5.41) is 20.3. The van der Waals surface area contributed by atoms with Crippen LogP contribution in [0.5, 0.6) is 0 Å². The fourth-order valence-corrected chi connectivity index (χ4v) is 7.39. The number of nitro benzene ring substituents is 1. The second-order valence-corrected chi connectivity index (χ2v) is 10.6. The highest BCUT2D eigenvalue weighted by Gasteiger charge is 2.60. The number of urea groups is 1. The maximum atomic E-state index is 13.8. The third-order valence-corrected chi connectivity index (χ3v) is 8.33. The van der Waals surface area contributed by atoms with Gasteiger partial charge in [-0.3, -0.25) is 29.8 Å². The van der Waals surface area contributed by atoms with Gasteiger partial charge in [0.05, 0.1) is 17.0 Å². The molecule has 4 bridgehead atoms. The average Bonchev–Trinajstić information content (AvgIpc) is 3.02. The zero-order valence-corrected chi connectivity index (χ0v) is 19.0. The summed E-state index contributed by atoms with van der Waals surface area (Å²) < 4.78 is 0. The Morgan fingerprint density at radius 1 is 1.12 bits per heavy atom. The van der Waals surface area contributed by atoms with Gasteiger partial charge < -0.3 is 4.90 Å². The maximum Gasteiger partial charge on any atom is 0.328 e. The van der Waals surface area contributed by atoms with E-state index in [2.05, 4.69) is 0 Å². The molecule has 6 rings (SSSR count). The molecule has 1 atom stereocenters. The minimum absolute atomic E-state index is 0.0190. The lowest BCUT2D eigenvalue weighted by Gasteiger charge is -2.58. The van der Waals surface area contributed by atoms with Crippen LogP contribution in [-0.2, 0) is 16.1 Å². The topological polar surface area (TPSA) is 133 Å². The van der Waals surface area contributed by atoms with Crippen molar-refractivity contribution in [1.29, 1.82) is 0 Å². The Labute approximate surface area is 197 Å². The molecule has 1 heterocycles. The van der Waals surface area contributed by atoms with E-state index in [1.807, 2.05) is 0 Å². The van der Waals surface area contributed by atoms with Crippen molar-refractivity contribution in [2.45, 2.75) is 75.9 Å². The molecule has 1 unspecified atom stereocenters. The summed E-state index contributed by atoms with van der Waals surface area (Å²) in [6.07, 6.45) is 6.63. The van der Waals surface area contributed by atoms with Crippen LogP contribution in [0, 0.1) is 27.9 Å². The minimum atomic E-state index is -0.785. The van der Waals surface area contributed by atoms with Gasteiger partial charge in [-0.2, -0.15) is 0 Å². The van der Waals surface area contributed by atoms with Gasteiger partial charge in [0.25, 0.3) is 11.6 Å². The predicted molar refractivity (Wildman–Crippen MR) is 119 cm³/mol. The number of nitro groups is 1. The molecule has 5 aliphatic rings. The van der Waals surface area contributed by atoms with E-state index >= 15 is 0 Å². The third kappa shape index (κ3) is 3.83. The smallest absolute Gasteiger partial charge is 0.308 e. The highest BCUT2D eigenvalue weighted by atomic mass is 16.6. The maximum absolute atomic E-state index is 13.8. The van der Waals surface area contributed by atoms with Crippen LogP contribution in [-0.4, -0.2) is 49.4 Å². The van der Waals surface area contributed by atoms with Crippen LogP contribution in [0.25, 0.3) is 0 Å². The van der Waals surface area contributed by atoms with Crippen LogP contribution in [0.2, 0.25) is 0 Å². The molecule has 4 aliphatic carbocycles. The number of nitrogens with zero attached hydrogens (tertiary/aromatic N) is 3. The lowest BCUT2D eigenvalue weighted by molar-refractivity contribution is -0.385. The molecule has 1 saturated heterocycles. The van der Waals surface area contributed by atoms with Gasteiger partial charge in [0.15, 0.2) is 0 Å². The van der Waals surface area contributed by atoms with Gasteiger partial charge in [0.2, 0.25) is 5.91 Å². The van der Waals surface area contributed by atoms with E-state index in [-0.39, 0.29) is 37.0 Å². The number of hydrogen-bond donors (Lipinski definition) is 2. The van der Waals surface area contributed by atoms with Gasteiger partial charge in [-0.1, -0.05) is 18.2 Å². The molecular weight excluding hydrogens is 440 g/mol. The van der Waals surface area contributed by atoms with Gasteiger partial charge in [0.1, 0.15) is 6.04 Å². The SMILES string of the molecule is O=C(CCCC1C(=O)N(C23CC4CC(CC(C4)C2)C3)C(=O)N1Cc1ccccc1[N+](=O)[O-])NO. The van der Waals surface area contributed by atoms with Crippen molar-refractivity contribution in [2.75, 3.05) is 0 Å². The molecule has 1 aliphatic heterocycles. The molecule has 1 aromatic carbocycles. The first kappa shape index (κ1) is 22.8. The largest absolute Gasteiger partial charge is 0.328 e. The number of rotatable bonds is 8. The number of amides is 4. The third-order valence-electron chi connectivity index (χ3n) is 8.33. The molecular formula is C24H30N4O6. The van der Waals surface area contributed by atoms with Crippen molar-refractivity contribution in [1.82, 2.24) is 15.3 Å². The summed E-state index contributed by atoms with van der Waals surface area (Å²) in [6, 6.07) is 5.11. The fourth-order valence-electron chi connectivity index (χ4n) is 7.39. The Morgan fingerprint density at radius 2 is 1.74 bits per heavy atom. The van der Waals surface area contributed by atoms with E-state index in [0.717, 1.165) is 19.3 Å². The van der Waals surface area contributed by atoms with E-state index in [1.165, 1.54) is 35.1 Å². The van der Waals surface area contributed by atoms with Gasteiger partial charge >= 0.3 is 6.03 Å². The number of hydroxylamine groups is 1. The van der Waals surface area contributed by atoms with Crippen molar-refractivity contribution in [3.05, 3.63) is 39.9 Å². The highest BCUT2D eigenvalue weighted by molar-refractivity contribution is 6.05. The average molecular weight is 471 g/mol. The van der Waals surface area contributed by atoms with Crippen molar-refractivity contribution < 1.29 is 24.5 Å². The standard InChI is InChI=1S/C24H30N4O6/c29-21(25-32)7-3-6-20-22(30)27(24-11-15-8-16(12-24)10-17(9-15)13-24)23(31)26(20)14-18-4-1-2-5-19(18)28(33)34/h1-2,4-5,15-17,20,32H,3,6-14H2,(H,25,29). The molecule has 1 aromatic rings. The van der Waals surface area contributed by atoms with E-state index in [9.17, 15) is 24.5 Å². The fraction of sp³-hybridized carbons (Fsp3) is 0.625. The molecule has 0 radical (unpaired) electrons. The van der Waals surface area contributed by atoms with Crippen LogP contribution >= 0.6 is 0 Å². The first-order chi connectivity index (χ1) is 16.3. The van der Waals surface area contributed by atoms with E-state index in [4.69, 9.17) is 5.21 Å². The minimum Gasteiger partial charge on any atom is -0.308 e. The molecule has 4 saturated carbocycles. The Bertz CT molecular complexity index is 991. The monoisotopic (exact) mass is 470 g/mol. The second kappa shape index (κ2) is 8.65. The van der Waals surface area contributed by atoms with E-state index in [1.54, 1.807) is 23.7 Å². The lowest BCUT2D eigenvalue weighted by atomic mass is 9.52. The molecule has 0 aromatic heterocycles. The molecule has 0 spiro atoms. The van der Waals surface area contributed by atoms with E-state index in [0.29, 0.717) is 29.7 Å². The number of imide groups is 1. The molecule has 10 heteroatoms. The van der Waals surface area contributed by atoms with Crippen LogP contribution in [0.4, 0.5) is 10.5 Å². The Hall–Kier alpha value is -3.01. The zero-order valence-electron chi connectivity index (χ0n) is 19.0. The second-order valence-electron chi connectivity index (χ2n) is 10.6. The number of carbonyl (C=O) groups is 3. The van der Waals surface area contributed by atoms with Crippen LogP contribution in [0.1, 0.15) is 63.4 Å². The molecule has 5 fully saturated rings. The summed E-state index contributed by atoms with van der Waals surface area (Å²) >= 11 is 0. The summed E-state index contributed by atoms with van der Waals surface area (Å²) in [6.45, 7) is -0.0402. The number of benzene rings is 1. The molecule has 10 nitrogen and oxygen atoms in total. The number of nitrogens with one attached hydrogen (secondary N) is 1. The molecule has 182 valence electrons. The van der Waals surface area contributed by atoms with Gasteiger partial charge in [-0.15, -0.1) is 0 Å². The van der Waals surface area contributed by atoms with Crippen molar-refractivity contribution in [3.63, 3.8) is 0 Å². The quantitative estimate of drug-likeness (QED) is 0.259. The predicted octanol–water partition coefficient (Wildman–Crippen LogP) is 3.37.